The number of nitrogens with one attached hydrogen (secondary N) is 1. The lowest BCUT2D eigenvalue weighted by molar-refractivity contribution is -0.142. The molecule has 1 aromatic carbocycles. The molecular formula is C19H14F3N5O4. The fraction of sp³-hybridized carbons (Fsp3) is 0.211. The van der Waals surface area contributed by atoms with Crippen LogP contribution in [0.5, 0.6) is 11.5 Å². The van der Waals surface area contributed by atoms with Crippen molar-refractivity contribution in [3.63, 3.8) is 0 Å². The van der Waals surface area contributed by atoms with Crippen LogP contribution in [0.2, 0.25) is 0 Å². The molecule has 160 valence electrons. The van der Waals surface area contributed by atoms with Crippen LogP contribution >= 0.6 is 0 Å². The number of nitriles is 1. The van der Waals surface area contributed by atoms with E-state index in [1.165, 1.54) is 37.3 Å². The van der Waals surface area contributed by atoms with E-state index in [9.17, 15) is 27.9 Å². The molecule has 0 amide bonds. The van der Waals surface area contributed by atoms with Crippen molar-refractivity contribution < 1.29 is 23.0 Å². The molecule has 0 aliphatic rings. The second-order valence-corrected chi connectivity index (χ2v) is 6.38. The van der Waals surface area contributed by atoms with E-state index in [0.29, 0.717) is 6.33 Å². The van der Waals surface area contributed by atoms with Gasteiger partial charge in [0.15, 0.2) is 5.69 Å². The van der Waals surface area contributed by atoms with E-state index >= 15 is 0 Å². The number of benzene rings is 1. The summed E-state index contributed by atoms with van der Waals surface area (Å²) in [4.78, 5) is 27.8. The summed E-state index contributed by atoms with van der Waals surface area (Å²) in [6.45, 7) is 0.982. The Labute approximate surface area is 172 Å². The summed E-state index contributed by atoms with van der Waals surface area (Å²) in [7, 11) is 0. The number of ether oxygens (including phenoxy) is 1. The first kappa shape index (κ1) is 21.7. The monoisotopic (exact) mass is 433 g/mol. The maximum Gasteiger partial charge on any atom is 0.437 e. The Hall–Kier alpha value is -3.98. The topological polar surface area (TPSA) is 134 Å². The Balaban J connectivity index is 2.10. The fourth-order valence-electron chi connectivity index (χ4n) is 2.67. The van der Waals surface area contributed by atoms with Gasteiger partial charge in [-0.25, -0.2) is 10.1 Å². The number of nitrogens with zero attached hydrogens (tertiary/aromatic N) is 4. The number of aliphatic hydroxyl groups excluding tert-OH is 1. The summed E-state index contributed by atoms with van der Waals surface area (Å²) in [5.41, 5.74) is -3.40. The largest absolute Gasteiger partial charge is 0.448 e. The third kappa shape index (κ3) is 4.62. The van der Waals surface area contributed by atoms with E-state index in [4.69, 9.17) is 10.00 Å². The smallest absolute Gasteiger partial charge is 0.437 e. The number of hydrogen-bond donors (Lipinski definition) is 2. The molecule has 0 aliphatic carbocycles. The normalized spacial score (nSPS) is 12.3. The quantitative estimate of drug-likeness (QED) is 0.629. The van der Waals surface area contributed by atoms with Crippen LogP contribution in [0.25, 0.3) is 0 Å². The molecule has 0 aliphatic heterocycles. The molecule has 12 heteroatoms. The maximum atomic E-state index is 13.4. The van der Waals surface area contributed by atoms with Crippen LogP contribution in [-0.2, 0) is 12.7 Å². The van der Waals surface area contributed by atoms with Crippen LogP contribution in [0.1, 0.15) is 35.5 Å². The highest BCUT2D eigenvalue weighted by Gasteiger charge is 2.39. The third-order valence-corrected chi connectivity index (χ3v) is 4.15. The van der Waals surface area contributed by atoms with Gasteiger partial charge in [-0.3, -0.25) is 14.2 Å². The van der Waals surface area contributed by atoms with Gasteiger partial charge in [-0.1, -0.05) is 12.1 Å². The molecule has 1 atom stereocenters. The van der Waals surface area contributed by atoms with E-state index in [0.717, 1.165) is 4.57 Å². The van der Waals surface area contributed by atoms with Crippen LogP contribution in [0.15, 0.2) is 46.2 Å². The number of halogens is 3. The Morgan fingerprint density at radius 3 is 2.68 bits per heavy atom. The molecule has 0 saturated heterocycles. The first-order valence-corrected chi connectivity index (χ1v) is 8.72. The van der Waals surface area contributed by atoms with Gasteiger partial charge in [-0.2, -0.15) is 23.5 Å². The van der Waals surface area contributed by atoms with Crippen molar-refractivity contribution in [1.29, 1.82) is 5.26 Å². The van der Waals surface area contributed by atoms with Crippen LogP contribution in [0.4, 0.5) is 13.2 Å². The summed E-state index contributed by atoms with van der Waals surface area (Å²) in [5, 5.41) is 24.6. The lowest BCUT2D eigenvalue weighted by atomic mass is 10.2. The standard InChI is InChI=1S/C19H14F3N5O4/c1-10(28)13-6-12(25-26-17(13)29)8-27-9-24-16(19(20,21)22)15(18(27)30)31-14-5-3-2-4-11(14)7-23/h2-6,9-10,28H,8H2,1H3,(H,26,29). The number of alkyl halides is 3. The van der Waals surface area contributed by atoms with Crippen LogP contribution in [0, 0.1) is 11.3 Å². The van der Waals surface area contributed by atoms with Crippen LogP contribution in [-0.4, -0.2) is 24.9 Å². The highest BCUT2D eigenvalue weighted by molar-refractivity contribution is 5.45. The molecule has 0 fully saturated rings. The molecule has 3 aromatic rings. The molecule has 0 radical (unpaired) electrons. The van der Waals surface area contributed by atoms with E-state index in [1.54, 1.807) is 6.07 Å². The van der Waals surface area contributed by atoms with E-state index in [-0.39, 0.29) is 29.1 Å². The lowest BCUT2D eigenvalue weighted by Gasteiger charge is -2.15. The first-order chi connectivity index (χ1) is 14.6. The molecule has 2 aromatic heterocycles. The number of aliphatic hydroxyl groups is 1. The molecular weight excluding hydrogens is 419 g/mol. The molecule has 1 unspecified atom stereocenters. The van der Waals surface area contributed by atoms with Crippen molar-refractivity contribution in [2.75, 3.05) is 0 Å². The number of aromatic amines is 1. The summed E-state index contributed by atoms with van der Waals surface area (Å²) in [6.07, 6.45) is -5.46. The summed E-state index contributed by atoms with van der Waals surface area (Å²) in [6, 6.07) is 8.47. The highest BCUT2D eigenvalue weighted by atomic mass is 19.4. The van der Waals surface area contributed by atoms with E-state index in [2.05, 4.69) is 15.2 Å². The Morgan fingerprint density at radius 1 is 1.32 bits per heavy atom. The third-order valence-electron chi connectivity index (χ3n) is 4.15. The van der Waals surface area contributed by atoms with Crippen LogP contribution < -0.4 is 15.9 Å². The average Bonchev–Trinajstić information content (AvgIpc) is 2.71. The second-order valence-electron chi connectivity index (χ2n) is 6.38. The van der Waals surface area contributed by atoms with E-state index in [1.807, 2.05) is 0 Å². The number of aromatic nitrogens is 4. The molecule has 0 saturated carbocycles. The van der Waals surface area contributed by atoms with Crippen molar-refractivity contribution in [2.45, 2.75) is 25.7 Å². The zero-order valence-electron chi connectivity index (χ0n) is 15.8. The van der Waals surface area contributed by atoms with Gasteiger partial charge in [0.2, 0.25) is 5.75 Å². The Bertz CT molecular complexity index is 1280. The van der Waals surface area contributed by atoms with Gasteiger partial charge < -0.3 is 9.84 Å². The summed E-state index contributed by atoms with van der Waals surface area (Å²) < 4.78 is 46.3. The molecule has 3 rings (SSSR count). The number of rotatable bonds is 5. The molecule has 2 N–H and O–H groups in total. The fourth-order valence-corrected chi connectivity index (χ4v) is 2.67. The molecule has 9 nitrogen and oxygen atoms in total. The van der Waals surface area contributed by atoms with Gasteiger partial charge in [0, 0.05) is 5.56 Å². The SMILES string of the molecule is CC(O)c1cc(Cn2cnc(C(F)(F)F)c(Oc3ccccc3C#N)c2=O)n[nH]c1=O. The van der Waals surface area contributed by atoms with Gasteiger partial charge in [0.1, 0.15) is 11.8 Å². The minimum atomic E-state index is -5.00. The summed E-state index contributed by atoms with van der Waals surface area (Å²) >= 11 is 0. The van der Waals surface area contributed by atoms with Crippen molar-refractivity contribution >= 4 is 0 Å². The Morgan fingerprint density at radius 2 is 2.03 bits per heavy atom. The Kier molecular flexibility index (Phi) is 5.89. The summed E-state index contributed by atoms with van der Waals surface area (Å²) in [5.74, 6) is -1.36. The minimum Gasteiger partial charge on any atom is -0.448 e. The minimum absolute atomic E-state index is 0.0302. The highest BCUT2D eigenvalue weighted by Crippen LogP contribution is 2.35. The first-order valence-electron chi connectivity index (χ1n) is 8.72. The predicted molar refractivity (Wildman–Crippen MR) is 99.3 cm³/mol. The molecule has 2 heterocycles. The van der Waals surface area contributed by atoms with Gasteiger partial charge >= 0.3 is 6.18 Å². The zero-order chi connectivity index (χ0) is 22.8. The van der Waals surface area contributed by atoms with Crippen molar-refractivity contribution in [1.82, 2.24) is 19.7 Å². The van der Waals surface area contributed by atoms with Crippen LogP contribution in [0.3, 0.4) is 0 Å². The second kappa shape index (κ2) is 8.41. The van der Waals surface area contributed by atoms with E-state index < -0.39 is 34.8 Å². The maximum absolute atomic E-state index is 13.4. The van der Waals surface area contributed by atoms with Gasteiger partial charge in [-0.05, 0) is 25.1 Å². The molecule has 0 spiro atoms. The van der Waals surface area contributed by atoms with Gasteiger partial charge in [0.25, 0.3) is 11.1 Å². The predicted octanol–water partition coefficient (Wildman–Crippen LogP) is 2.11. The lowest BCUT2D eigenvalue weighted by Crippen LogP contribution is -2.28. The molecule has 0 bridgehead atoms. The van der Waals surface area contributed by atoms with Gasteiger partial charge in [0.05, 0.1) is 30.2 Å². The number of hydrogen-bond acceptors (Lipinski definition) is 7. The van der Waals surface area contributed by atoms with Crippen molar-refractivity contribution in [2.24, 2.45) is 0 Å². The van der Waals surface area contributed by atoms with Gasteiger partial charge in [-0.15, -0.1) is 0 Å². The number of H-pyrrole nitrogens is 1. The zero-order valence-corrected chi connectivity index (χ0v) is 15.8. The molecule has 31 heavy (non-hydrogen) atoms. The van der Waals surface area contributed by atoms with Crippen molar-refractivity contribution in [3.05, 3.63) is 79.9 Å². The average molecular weight is 433 g/mol. The number of para-hydroxylation sites is 1. The van der Waals surface area contributed by atoms with Crippen molar-refractivity contribution in [3.8, 4) is 17.6 Å².